The summed E-state index contributed by atoms with van der Waals surface area (Å²) < 4.78 is 0. The van der Waals surface area contributed by atoms with E-state index in [0.29, 0.717) is 12.3 Å². The molecular formula is C9H17NO. The summed E-state index contributed by atoms with van der Waals surface area (Å²) in [6, 6.07) is 0. The van der Waals surface area contributed by atoms with Crippen LogP contribution in [0.2, 0.25) is 0 Å². The van der Waals surface area contributed by atoms with Crippen LogP contribution in [-0.4, -0.2) is 12.3 Å². The highest BCUT2D eigenvalue weighted by molar-refractivity contribution is 5.89. The summed E-state index contributed by atoms with van der Waals surface area (Å²) in [7, 11) is 0. The van der Waals surface area contributed by atoms with Gasteiger partial charge in [0.1, 0.15) is 0 Å². The number of rotatable bonds is 5. The van der Waals surface area contributed by atoms with Gasteiger partial charge in [0.15, 0.2) is 5.78 Å². The third-order valence-electron chi connectivity index (χ3n) is 1.20. The first-order valence-electron chi connectivity index (χ1n) is 4.09. The van der Waals surface area contributed by atoms with E-state index in [1.54, 1.807) is 12.3 Å². The molecule has 2 heteroatoms. The van der Waals surface area contributed by atoms with Crippen LogP contribution in [0.1, 0.15) is 27.2 Å². The Balaban J connectivity index is 3.51. The standard InChI is InChI=1S/C9H17NO/c1-4-10-6-5-9(11)7-8(2)3/h5-6,8,10H,4,7H2,1-3H3/b6-5+. The van der Waals surface area contributed by atoms with Crippen LogP contribution in [-0.2, 0) is 4.79 Å². The van der Waals surface area contributed by atoms with Crippen molar-refractivity contribution >= 4 is 5.78 Å². The second-order valence-electron chi connectivity index (χ2n) is 2.96. The fraction of sp³-hybridized carbons (Fsp3) is 0.667. The lowest BCUT2D eigenvalue weighted by molar-refractivity contribution is -0.115. The van der Waals surface area contributed by atoms with E-state index in [1.165, 1.54) is 0 Å². The number of allylic oxidation sites excluding steroid dienone is 1. The number of hydrogen-bond donors (Lipinski definition) is 1. The zero-order valence-corrected chi connectivity index (χ0v) is 7.55. The van der Waals surface area contributed by atoms with Gasteiger partial charge in [-0.05, 0) is 25.1 Å². The van der Waals surface area contributed by atoms with Gasteiger partial charge in [-0.15, -0.1) is 0 Å². The van der Waals surface area contributed by atoms with Crippen molar-refractivity contribution in [2.45, 2.75) is 27.2 Å². The monoisotopic (exact) mass is 155 g/mol. The second-order valence-corrected chi connectivity index (χ2v) is 2.96. The van der Waals surface area contributed by atoms with Gasteiger partial charge in [-0.25, -0.2) is 0 Å². The molecule has 0 amide bonds. The van der Waals surface area contributed by atoms with Gasteiger partial charge in [0.25, 0.3) is 0 Å². The van der Waals surface area contributed by atoms with Gasteiger partial charge in [0, 0.05) is 13.0 Å². The normalized spacial score (nSPS) is 10.9. The van der Waals surface area contributed by atoms with Gasteiger partial charge < -0.3 is 5.32 Å². The summed E-state index contributed by atoms with van der Waals surface area (Å²) in [5, 5.41) is 2.95. The lowest BCUT2D eigenvalue weighted by Crippen LogP contribution is -2.05. The van der Waals surface area contributed by atoms with Crippen LogP contribution in [0.3, 0.4) is 0 Å². The topological polar surface area (TPSA) is 29.1 Å². The van der Waals surface area contributed by atoms with Gasteiger partial charge in [-0.2, -0.15) is 0 Å². The van der Waals surface area contributed by atoms with Crippen LogP contribution < -0.4 is 5.32 Å². The number of nitrogens with one attached hydrogen (secondary N) is 1. The lowest BCUT2D eigenvalue weighted by atomic mass is 10.1. The Morgan fingerprint density at radius 2 is 2.18 bits per heavy atom. The van der Waals surface area contributed by atoms with E-state index in [-0.39, 0.29) is 5.78 Å². The molecule has 0 unspecified atom stereocenters. The third-order valence-corrected chi connectivity index (χ3v) is 1.20. The minimum atomic E-state index is 0.195. The van der Waals surface area contributed by atoms with Gasteiger partial charge in [-0.3, -0.25) is 4.79 Å². The SMILES string of the molecule is CCN/C=C/C(=O)CC(C)C. The van der Waals surface area contributed by atoms with Crippen LogP contribution in [0.5, 0.6) is 0 Å². The van der Waals surface area contributed by atoms with Gasteiger partial charge >= 0.3 is 0 Å². The molecule has 0 aliphatic heterocycles. The molecule has 0 aromatic heterocycles. The van der Waals surface area contributed by atoms with Crippen LogP contribution in [0, 0.1) is 5.92 Å². The van der Waals surface area contributed by atoms with Crippen molar-refractivity contribution in [1.82, 2.24) is 5.32 Å². The Kier molecular flexibility index (Phi) is 5.53. The van der Waals surface area contributed by atoms with Gasteiger partial charge in [0.05, 0.1) is 0 Å². The van der Waals surface area contributed by atoms with Crippen molar-refractivity contribution in [3.63, 3.8) is 0 Å². The molecule has 0 aromatic rings. The Bertz CT molecular complexity index is 138. The predicted octanol–water partition coefficient (Wildman–Crippen LogP) is 1.72. The average Bonchev–Trinajstić information content (AvgIpc) is 1.86. The van der Waals surface area contributed by atoms with E-state index in [1.807, 2.05) is 20.8 Å². The first-order valence-corrected chi connectivity index (χ1v) is 4.09. The molecule has 0 spiro atoms. The first-order chi connectivity index (χ1) is 5.16. The molecule has 64 valence electrons. The summed E-state index contributed by atoms with van der Waals surface area (Å²) in [6.45, 7) is 6.95. The predicted molar refractivity (Wildman–Crippen MR) is 47.3 cm³/mol. The number of carbonyl (C=O) groups is 1. The average molecular weight is 155 g/mol. The molecule has 0 radical (unpaired) electrons. The second kappa shape index (κ2) is 5.96. The first kappa shape index (κ1) is 10.2. The molecule has 0 aromatic carbocycles. The van der Waals surface area contributed by atoms with Crippen LogP contribution in [0.25, 0.3) is 0 Å². The molecule has 1 N–H and O–H groups in total. The van der Waals surface area contributed by atoms with Gasteiger partial charge in [-0.1, -0.05) is 13.8 Å². The van der Waals surface area contributed by atoms with Crippen LogP contribution >= 0.6 is 0 Å². The van der Waals surface area contributed by atoms with E-state index >= 15 is 0 Å². The highest BCUT2D eigenvalue weighted by atomic mass is 16.1. The molecule has 0 bridgehead atoms. The minimum Gasteiger partial charge on any atom is -0.391 e. The fourth-order valence-electron chi connectivity index (χ4n) is 0.740. The van der Waals surface area contributed by atoms with E-state index in [0.717, 1.165) is 6.54 Å². The van der Waals surface area contributed by atoms with Crippen molar-refractivity contribution < 1.29 is 4.79 Å². The Hall–Kier alpha value is -0.790. The largest absolute Gasteiger partial charge is 0.391 e. The maximum Gasteiger partial charge on any atom is 0.157 e. The van der Waals surface area contributed by atoms with E-state index < -0.39 is 0 Å². The van der Waals surface area contributed by atoms with Crippen molar-refractivity contribution in [2.24, 2.45) is 5.92 Å². The minimum absolute atomic E-state index is 0.195. The molecule has 2 nitrogen and oxygen atoms in total. The Labute approximate surface area is 68.7 Å². The maximum atomic E-state index is 11.0. The fourth-order valence-corrected chi connectivity index (χ4v) is 0.740. The third kappa shape index (κ3) is 7.10. The van der Waals surface area contributed by atoms with E-state index in [9.17, 15) is 4.79 Å². The molecule has 0 saturated carbocycles. The molecule has 11 heavy (non-hydrogen) atoms. The summed E-state index contributed by atoms with van der Waals surface area (Å²) in [4.78, 5) is 11.0. The van der Waals surface area contributed by atoms with Crippen molar-refractivity contribution in [3.8, 4) is 0 Å². The molecule has 0 atom stereocenters. The molecular weight excluding hydrogens is 138 g/mol. The Morgan fingerprint density at radius 3 is 2.64 bits per heavy atom. The van der Waals surface area contributed by atoms with E-state index in [2.05, 4.69) is 5.32 Å². The molecule has 0 heterocycles. The molecule has 0 fully saturated rings. The number of carbonyl (C=O) groups excluding carboxylic acids is 1. The lowest BCUT2D eigenvalue weighted by Gasteiger charge is -1.98. The summed E-state index contributed by atoms with van der Waals surface area (Å²) in [6.07, 6.45) is 3.95. The zero-order valence-electron chi connectivity index (χ0n) is 7.55. The van der Waals surface area contributed by atoms with Crippen LogP contribution in [0.15, 0.2) is 12.3 Å². The molecule has 0 rings (SSSR count). The van der Waals surface area contributed by atoms with Gasteiger partial charge in [0.2, 0.25) is 0 Å². The quantitative estimate of drug-likeness (QED) is 0.612. The molecule has 0 aliphatic rings. The van der Waals surface area contributed by atoms with Crippen molar-refractivity contribution in [2.75, 3.05) is 6.54 Å². The Morgan fingerprint density at radius 1 is 1.55 bits per heavy atom. The van der Waals surface area contributed by atoms with Crippen molar-refractivity contribution in [3.05, 3.63) is 12.3 Å². The molecule has 0 saturated heterocycles. The summed E-state index contributed by atoms with van der Waals surface area (Å²) in [5.74, 6) is 0.648. The number of ketones is 1. The van der Waals surface area contributed by atoms with Crippen LogP contribution in [0.4, 0.5) is 0 Å². The van der Waals surface area contributed by atoms with E-state index in [4.69, 9.17) is 0 Å². The van der Waals surface area contributed by atoms with Crippen molar-refractivity contribution in [1.29, 1.82) is 0 Å². The summed E-state index contributed by atoms with van der Waals surface area (Å²) in [5.41, 5.74) is 0. The number of hydrogen-bond acceptors (Lipinski definition) is 2. The highest BCUT2D eigenvalue weighted by Crippen LogP contribution is 1.99. The maximum absolute atomic E-state index is 11.0. The summed E-state index contributed by atoms with van der Waals surface area (Å²) >= 11 is 0. The zero-order chi connectivity index (χ0) is 8.69. The smallest absolute Gasteiger partial charge is 0.157 e. The highest BCUT2D eigenvalue weighted by Gasteiger charge is 1.99. The molecule has 0 aliphatic carbocycles.